The Morgan fingerprint density at radius 2 is 1.78 bits per heavy atom. The fourth-order valence-corrected chi connectivity index (χ4v) is 1.51. The number of nitrogens with zero attached hydrogens (tertiary/aromatic N) is 3. The van der Waals surface area contributed by atoms with Crippen LogP contribution in [0.25, 0.3) is 0 Å². The van der Waals surface area contributed by atoms with Crippen molar-refractivity contribution in [2.24, 2.45) is 10.2 Å². The van der Waals surface area contributed by atoms with Crippen LogP contribution in [0.2, 0.25) is 5.02 Å². The lowest BCUT2D eigenvalue weighted by Crippen LogP contribution is -1.86. The smallest absolute Gasteiger partial charge is 0.258 e. The minimum Gasteiger partial charge on any atom is -0.258 e. The first kappa shape index (κ1) is 12.2. The zero-order valence-electron chi connectivity index (χ0n) is 9.15. The van der Waals surface area contributed by atoms with Gasteiger partial charge in [0, 0.05) is 12.1 Å². The molecule has 18 heavy (non-hydrogen) atoms. The summed E-state index contributed by atoms with van der Waals surface area (Å²) in [4.78, 5) is 10.0. The van der Waals surface area contributed by atoms with Gasteiger partial charge in [-0.2, -0.15) is 5.11 Å². The van der Waals surface area contributed by atoms with Crippen molar-refractivity contribution in [1.82, 2.24) is 0 Å². The molecule has 0 heterocycles. The Bertz CT molecular complexity index is 600. The Morgan fingerprint density at radius 1 is 1.06 bits per heavy atom. The molecule has 0 unspecified atom stereocenters. The maximum absolute atomic E-state index is 10.5. The summed E-state index contributed by atoms with van der Waals surface area (Å²) in [6, 6.07) is 13.2. The van der Waals surface area contributed by atoms with E-state index in [0.717, 1.165) is 0 Å². The van der Waals surface area contributed by atoms with Gasteiger partial charge in [0.25, 0.3) is 5.69 Å². The van der Waals surface area contributed by atoms with E-state index in [2.05, 4.69) is 10.2 Å². The maximum atomic E-state index is 10.5. The molecule has 0 atom stereocenters. The molecular weight excluding hydrogens is 254 g/mol. The minimum atomic E-state index is -0.510. The Labute approximate surface area is 108 Å². The lowest BCUT2D eigenvalue weighted by molar-refractivity contribution is -0.384. The van der Waals surface area contributed by atoms with Crippen LogP contribution in [0.3, 0.4) is 0 Å². The van der Waals surface area contributed by atoms with Crippen molar-refractivity contribution < 1.29 is 4.92 Å². The fraction of sp³-hybridized carbons (Fsp3) is 0. The fourth-order valence-electron chi connectivity index (χ4n) is 1.30. The highest BCUT2D eigenvalue weighted by atomic mass is 35.5. The number of nitro benzene ring substituents is 1. The van der Waals surface area contributed by atoms with Crippen LogP contribution in [0.4, 0.5) is 17.1 Å². The lowest BCUT2D eigenvalue weighted by Gasteiger charge is -1.97. The summed E-state index contributed by atoms with van der Waals surface area (Å²) in [6.07, 6.45) is 0. The van der Waals surface area contributed by atoms with Crippen molar-refractivity contribution in [3.05, 3.63) is 63.7 Å². The standard InChI is InChI=1S/C12H8ClN3O2/c13-11-8-10(16(17)18)6-7-12(11)15-14-9-4-2-1-3-5-9/h1-8H. The summed E-state index contributed by atoms with van der Waals surface area (Å²) in [5, 5.41) is 18.7. The highest BCUT2D eigenvalue weighted by Crippen LogP contribution is 2.30. The number of azo groups is 1. The summed E-state index contributed by atoms with van der Waals surface area (Å²) in [7, 11) is 0. The molecule has 0 bridgehead atoms. The summed E-state index contributed by atoms with van der Waals surface area (Å²) < 4.78 is 0. The van der Waals surface area contributed by atoms with E-state index in [9.17, 15) is 10.1 Å². The van der Waals surface area contributed by atoms with Gasteiger partial charge in [0.15, 0.2) is 0 Å². The molecule has 0 aromatic heterocycles. The van der Waals surface area contributed by atoms with Crippen LogP contribution in [-0.2, 0) is 0 Å². The van der Waals surface area contributed by atoms with E-state index in [1.165, 1.54) is 18.2 Å². The Kier molecular flexibility index (Phi) is 3.64. The molecule has 0 spiro atoms. The summed E-state index contributed by atoms with van der Waals surface area (Å²) in [5.41, 5.74) is 1.01. The molecule has 0 saturated heterocycles. The van der Waals surface area contributed by atoms with Gasteiger partial charge in [-0.1, -0.05) is 29.8 Å². The topological polar surface area (TPSA) is 67.9 Å². The molecule has 0 radical (unpaired) electrons. The second-order valence-corrected chi connectivity index (χ2v) is 3.84. The van der Waals surface area contributed by atoms with E-state index >= 15 is 0 Å². The van der Waals surface area contributed by atoms with Gasteiger partial charge >= 0.3 is 0 Å². The van der Waals surface area contributed by atoms with Gasteiger partial charge in [-0.25, -0.2) is 0 Å². The number of rotatable bonds is 3. The number of halogens is 1. The molecule has 0 fully saturated rings. The van der Waals surface area contributed by atoms with Crippen LogP contribution in [0.15, 0.2) is 58.8 Å². The molecule has 6 heteroatoms. The van der Waals surface area contributed by atoms with Crippen LogP contribution >= 0.6 is 11.6 Å². The van der Waals surface area contributed by atoms with Gasteiger partial charge in [-0.3, -0.25) is 10.1 Å². The van der Waals surface area contributed by atoms with Crippen molar-refractivity contribution in [2.75, 3.05) is 0 Å². The van der Waals surface area contributed by atoms with E-state index < -0.39 is 4.92 Å². The molecule has 0 saturated carbocycles. The van der Waals surface area contributed by atoms with Crippen LogP contribution < -0.4 is 0 Å². The van der Waals surface area contributed by atoms with E-state index in [-0.39, 0.29) is 10.7 Å². The second kappa shape index (κ2) is 5.37. The Balaban J connectivity index is 2.25. The molecule has 0 amide bonds. The average molecular weight is 262 g/mol. The molecule has 0 aliphatic rings. The van der Waals surface area contributed by atoms with Gasteiger partial charge in [0.2, 0.25) is 0 Å². The van der Waals surface area contributed by atoms with Gasteiger partial charge < -0.3 is 0 Å². The van der Waals surface area contributed by atoms with Gasteiger partial charge in [0.1, 0.15) is 5.69 Å². The quantitative estimate of drug-likeness (QED) is 0.458. The zero-order chi connectivity index (χ0) is 13.0. The zero-order valence-corrected chi connectivity index (χ0v) is 9.91. The van der Waals surface area contributed by atoms with Crippen molar-refractivity contribution in [1.29, 1.82) is 0 Å². The monoisotopic (exact) mass is 261 g/mol. The first-order chi connectivity index (χ1) is 8.66. The molecule has 0 aliphatic carbocycles. The minimum absolute atomic E-state index is 0.0707. The van der Waals surface area contributed by atoms with Crippen LogP contribution in [-0.4, -0.2) is 4.92 Å². The van der Waals surface area contributed by atoms with Crippen LogP contribution in [0.1, 0.15) is 0 Å². The van der Waals surface area contributed by atoms with E-state index in [1.807, 2.05) is 18.2 Å². The van der Waals surface area contributed by atoms with Gasteiger partial charge in [-0.05, 0) is 18.2 Å². The van der Waals surface area contributed by atoms with E-state index in [1.54, 1.807) is 12.1 Å². The molecule has 90 valence electrons. The number of non-ortho nitro benzene ring substituents is 1. The van der Waals surface area contributed by atoms with Crippen molar-refractivity contribution in [2.45, 2.75) is 0 Å². The molecular formula is C12H8ClN3O2. The number of benzene rings is 2. The Hall–Kier alpha value is -2.27. The maximum Gasteiger partial charge on any atom is 0.271 e. The first-order valence-electron chi connectivity index (χ1n) is 5.07. The van der Waals surface area contributed by atoms with Crippen molar-refractivity contribution >= 4 is 28.7 Å². The summed E-state index contributed by atoms with van der Waals surface area (Å²) >= 11 is 5.88. The first-order valence-corrected chi connectivity index (χ1v) is 5.45. The third kappa shape index (κ3) is 2.89. The predicted molar refractivity (Wildman–Crippen MR) is 68.7 cm³/mol. The molecule has 2 aromatic carbocycles. The SMILES string of the molecule is O=[N+]([O-])c1ccc(N=Nc2ccccc2)c(Cl)c1. The summed E-state index contributed by atoms with van der Waals surface area (Å²) in [6.45, 7) is 0. The van der Waals surface area contributed by atoms with Crippen molar-refractivity contribution in [3.8, 4) is 0 Å². The highest BCUT2D eigenvalue weighted by molar-refractivity contribution is 6.33. The molecule has 2 rings (SSSR count). The third-order valence-corrected chi connectivity index (χ3v) is 2.47. The molecule has 0 N–H and O–H groups in total. The lowest BCUT2D eigenvalue weighted by atomic mass is 10.3. The average Bonchev–Trinajstić information content (AvgIpc) is 2.38. The molecule has 2 aromatic rings. The van der Waals surface area contributed by atoms with Gasteiger partial charge in [0.05, 0.1) is 15.6 Å². The third-order valence-electron chi connectivity index (χ3n) is 2.17. The number of hydrogen-bond acceptors (Lipinski definition) is 4. The molecule has 0 aliphatic heterocycles. The second-order valence-electron chi connectivity index (χ2n) is 3.43. The molecule has 5 nitrogen and oxygen atoms in total. The van der Waals surface area contributed by atoms with Crippen LogP contribution in [0.5, 0.6) is 0 Å². The van der Waals surface area contributed by atoms with Crippen LogP contribution in [0, 0.1) is 10.1 Å². The van der Waals surface area contributed by atoms with E-state index in [0.29, 0.717) is 11.4 Å². The van der Waals surface area contributed by atoms with E-state index in [4.69, 9.17) is 11.6 Å². The normalized spacial score (nSPS) is 10.7. The van der Waals surface area contributed by atoms with Gasteiger partial charge in [-0.15, -0.1) is 5.11 Å². The largest absolute Gasteiger partial charge is 0.271 e. The highest BCUT2D eigenvalue weighted by Gasteiger charge is 2.08. The Morgan fingerprint density at radius 3 is 2.39 bits per heavy atom. The summed E-state index contributed by atoms with van der Waals surface area (Å²) in [5.74, 6) is 0. The number of hydrogen-bond donors (Lipinski definition) is 0. The van der Waals surface area contributed by atoms with Crippen molar-refractivity contribution in [3.63, 3.8) is 0 Å². The predicted octanol–water partition coefficient (Wildman–Crippen LogP) is 4.66. The number of nitro groups is 1.